The number of hydrogen-bond donors (Lipinski definition) is 1. The van der Waals surface area contributed by atoms with Gasteiger partial charge in [-0.1, -0.05) is 0 Å². The molecule has 0 spiro atoms. The molecule has 0 unspecified atom stereocenters. The van der Waals surface area contributed by atoms with Gasteiger partial charge in [-0.3, -0.25) is 0 Å². The van der Waals surface area contributed by atoms with Crippen LogP contribution in [-0.2, 0) is 0 Å². The molecule has 1 N–H and O–H groups in total. The van der Waals surface area contributed by atoms with Crippen LogP contribution in [-0.4, -0.2) is 30.5 Å². The molecule has 0 aliphatic carbocycles. The third-order valence-electron chi connectivity index (χ3n) is 1.40. The van der Waals surface area contributed by atoms with Gasteiger partial charge in [0, 0.05) is 11.3 Å². The van der Waals surface area contributed by atoms with Gasteiger partial charge >= 0.3 is 0 Å². The van der Waals surface area contributed by atoms with Crippen molar-refractivity contribution in [3.8, 4) is 0 Å². The Bertz CT molecular complexity index is 107. The number of alkyl halides is 2. The first kappa shape index (κ1) is 11.2. The van der Waals surface area contributed by atoms with Crippen LogP contribution in [0, 0.1) is 0 Å². The number of halogens is 2. The van der Waals surface area contributed by atoms with E-state index in [9.17, 15) is 8.78 Å². The maximum absolute atomic E-state index is 11.6. The minimum absolute atomic E-state index is 0.0505. The van der Waals surface area contributed by atoms with E-state index in [1.807, 2.05) is 20.1 Å². The van der Waals surface area contributed by atoms with E-state index >= 15 is 0 Å². The van der Waals surface area contributed by atoms with Crippen LogP contribution >= 0.6 is 11.8 Å². The van der Waals surface area contributed by atoms with Gasteiger partial charge < -0.3 is 5.32 Å². The SMILES string of the molecule is CSC(C)(C)CNCC(F)F. The van der Waals surface area contributed by atoms with E-state index in [1.54, 1.807) is 11.8 Å². The molecule has 0 aromatic carbocycles. The normalized spacial score (nSPS) is 12.5. The summed E-state index contributed by atoms with van der Waals surface area (Å²) in [5.74, 6) is 0. The van der Waals surface area contributed by atoms with Crippen LogP contribution in [0.2, 0.25) is 0 Å². The molecular formula is C7H15F2NS. The molecular weight excluding hydrogens is 168 g/mol. The van der Waals surface area contributed by atoms with E-state index in [4.69, 9.17) is 0 Å². The standard InChI is InChI=1S/C7H15F2NS/c1-7(2,11-3)5-10-4-6(8)9/h6,10H,4-5H2,1-3H3. The van der Waals surface area contributed by atoms with Gasteiger partial charge in [0.05, 0.1) is 6.54 Å². The highest BCUT2D eigenvalue weighted by molar-refractivity contribution is 7.99. The zero-order valence-electron chi connectivity index (χ0n) is 7.16. The van der Waals surface area contributed by atoms with Gasteiger partial charge in [0.15, 0.2) is 0 Å². The first-order valence-corrected chi connectivity index (χ1v) is 4.74. The molecule has 68 valence electrons. The fraction of sp³-hybridized carbons (Fsp3) is 1.00. The lowest BCUT2D eigenvalue weighted by Gasteiger charge is -2.22. The van der Waals surface area contributed by atoms with Crippen molar-refractivity contribution in [2.45, 2.75) is 25.0 Å². The highest BCUT2D eigenvalue weighted by Crippen LogP contribution is 2.19. The monoisotopic (exact) mass is 183 g/mol. The molecule has 0 amide bonds. The van der Waals surface area contributed by atoms with Crippen molar-refractivity contribution in [1.29, 1.82) is 0 Å². The maximum atomic E-state index is 11.6. The van der Waals surface area contributed by atoms with Crippen LogP contribution in [0.15, 0.2) is 0 Å². The molecule has 0 bridgehead atoms. The van der Waals surface area contributed by atoms with E-state index in [2.05, 4.69) is 5.32 Å². The third-order valence-corrected chi connectivity index (χ3v) is 2.65. The number of hydrogen-bond acceptors (Lipinski definition) is 2. The molecule has 0 fully saturated rings. The fourth-order valence-corrected chi connectivity index (χ4v) is 0.801. The summed E-state index contributed by atoms with van der Waals surface area (Å²) in [6.07, 6.45) is -0.267. The Hall–Kier alpha value is 0.170. The van der Waals surface area contributed by atoms with E-state index in [1.165, 1.54) is 0 Å². The van der Waals surface area contributed by atoms with Crippen LogP contribution in [0.4, 0.5) is 8.78 Å². The maximum Gasteiger partial charge on any atom is 0.250 e. The summed E-state index contributed by atoms with van der Waals surface area (Å²) in [6.45, 7) is 4.47. The van der Waals surface area contributed by atoms with Gasteiger partial charge in [0.1, 0.15) is 0 Å². The summed E-state index contributed by atoms with van der Waals surface area (Å²) in [5.41, 5.74) is 0. The molecule has 0 heterocycles. The first-order valence-electron chi connectivity index (χ1n) is 3.52. The lowest BCUT2D eigenvalue weighted by atomic mass is 10.2. The van der Waals surface area contributed by atoms with Crippen LogP contribution in [0.5, 0.6) is 0 Å². The van der Waals surface area contributed by atoms with Crippen LogP contribution in [0.1, 0.15) is 13.8 Å². The largest absolute Gasteiger partial charge is 0.310 e. The minimum atomic E-state index is -2.24. The molecule has 11 heavy (non-hydrogen) atoms. The smallest absolute Gasteiger partial charge is 0.250 e. The summed E-state index contributed by atoms with van der Waals surface area (Å²) in [7, 11) is 0. The predicted molar refractivity (Wildman–Crippen MR) is 46.5 cm³/mol. The molecule has 0 aromatic rings. The molecule has 1 nitrogen and oxygen atoms in total. The second kappa shape index (κ2) is 4.93. The second-order valence-corrected chi connectivity index (χ2v) is 4.50. The van der Waals surface area contributed by atoms with Crippen molar-refractivity contribution in [2.24, 2.45) is 0 Å². The molecule has 0 aromatic heterocycles. The van der Waals surface area contributed by atoms with Crippen molar-refractivity contribution >= 4 is 11.8 Å². The average Bonchev–Trinajstić information content (AvgIpc) is 1.87. The summed E-state index contributed by atoms with van der Waals surface area (Å²) in [6, 6.07) is 0. The van der Waals surface area contributed by atoms with Crippen molar-refractivity contribution < 1.29 is 8.78 Å². The zero-order valence-corrected chi connectivity index (χ0v) is 7.97. The van der Waals surface area contributed by atoms with Gasteiger partial charge in [-0.25, -0.2) is 8.78 Å². The van der Waals surface area contributed by atoms with Crippen molar-refractivity contribution in [3.63, 3.8) is 0 Å². The summed E-state index contributed by atoms with van der Waals surface area (Å²) >= 11 is 1.67. The molecule has 0 aliphatic heterocycles. The quantitative estimate of drug-likeness (QED) is 0.699. The van der Waals surface area contributed by atoms with Crippen molar-refractivity contribution in [3.05, 3.63) is 0 Å². The van der Waals surface area contributed by atoms with Gasteiger partial charge in [0.2, 0.25) is 0 Å². The fourth-order valence-electron chi connectivity index (χ4n) is 0.554. The predicted octanol–water partition coefficient (Wildman–Crippen LogP) is 1.98. The summed E-state index contributed by atoms with van der Waals surface area (Å²) < 4.78 is 23.3. The van der Waals surface area contributed by atoms with Gasteiger partial charge in [-0.05, 0) is 20.1 Å². The zero-order chi connectivity index (χ0) is 8.91. The highest BCUT2D eigenvalue weighted by atomic mass is 32.2. The molecule has 4 heteroatoms. The third kappa shape index (κ3) is 6.56. The Labute approximate surface area is 70.9 Å². The topological polar surface area (TPSA) is 12.0 Å². The number of thioether (sulfide) groups is 1. The molecule has 0 radical (unpaired) electrons. The minimum Gasteiger partial charge on any atom is -0.310 e. The van der Waals surface area contributed by atoms with E-state index in [-0.39, 0.29) is 11.3 Å². The van der Waals surface area contributed by atoms with Crippen LogP contribution in [0.25, 0.3) is 0 Å². The Balaban J connectivity index is 3.38. The van der Waals surface area contributed by atoms with E-state index < -0.39 is 6.43 Å². The second-order valence-electron chi connectivity index (χ2n) is 2.99. The van der Waals surface area contributed by atoms with E-state index in [0.717, 1.165) is 0 Å². The van der Waals surface area contributed by atoms with Gasteiger partial charge in [-0.15, -0.1) is 0 Å². The summed E-state index contributed by atoms with van der Waals surface area (Å²) in [4.78, 5) is 0. The van der Waals surface area contributed by atoms with Crippen molar-refractivity contribution in [2.75, 3.05) is 19.3 Å². The molecule has 0 saturated heterocycles. The van der Waals surface area contributed by atoms with Crippen LogP contribution in [0.3, 0.4) is 0 Å². The summed E-state index contributed by atoms with van der Waals surface area (Å²) in [5, 5.41) is 2.71. The molecule has 0 aliphatic rings. The van der Waals surface area contributed by atoms with Crippen molar-refractivity contribution in [1.82, 2.24) is 5.32 Å². The average molecular weight is 183 g/mol. The van der Waals surface area contributed by atoms with Gasteiger partial charge in [-0.2, -0.15) is 11.8 Å². The number of rotatable bonds is 5. The lowest BCUT2D eigenvalue weighted by molar-refractivity contribution is 0.145. The Morgan fingerprint density at radius 1 is 1.45 bits per heavy atom. The molecule has 0 saturated carbocycles. The Morgan fingerprint density at radius 3 is 2.36 bits per heavy atom. The van der Waals surface area contributed by atoms with Crippen LogP contribution < -0.4 is 5.32 Å². The highest BCUT2D eigenvalue weighted by Gasteiger charge is 2.15. The molecule has 0 atom stereocenters. The first-order chi connectivity index (χ1) is 4.98. The number of nitrogens with one attached hydrogen (secondary N) is 1. The lowest BCUT2D eigenvalue weighted by Crippen LogP contribution is -2.34. The van der Waals surface area contributed by atoms with E-state index in [0.29, 0.717) is 6.54 Å². The van der Waals surface area contributed by atoms with Gasteiger partial charge in [0.25, 0.3) is 6.43 Å². The molecule has 0 rings (SSSR count). The Morgan fingerprint density at radius 2 is 2.00 bits per heavy atom. The Kier molecular flexibility index (Phi) is 5.01.